The molecule has 0 spiro atoms. The van der Waals surface area contributed by atoms with E-state index < -0.39 is 0 Å². The number of anilines is 1. The summed E-state index contributed by atoms with van der Waals surface area (Å²) in [7, 11) is 1.58. The second-order valence-electron chi connectivity index (χ2n) is 3.68. The van der Waals surface area contributed by atoms with E-state index in [1.165, 1.54) is 0 Å². The fraction of sp³-hybridized carbons (Fsp3) is 0.167. The third kappa shape index (κ3) is 1.58. The second kappa shape index (κ2) is 3.81. The molecule has 2 aromatic rings. The highest BCUT2D eigenvalue weighted by atomic mass is 16.3. The summed E-state index contributed by atoms with van der Waals surface area (Å²) in [5, 5.41) is 19.0. The van der Waals surface area contributed by atoms with Gasteiger partial charge in [0, 0.05) is 12.4 Å². The maximum Gasteiger partial charge on any atom is 0.125 e. The molecule has 2 rings (SSSR count). The Hall–Kier alpha value is -2.10. The van der Waals surface area contributed by atoms with Crippen molar-refractivity contribution in [3.8, 4) is 5.75 Å². The van der Waals surface area contributed by atoms with E-state index in [9.17, 15) is 5.11 Å². The van der Waals surface area contributed by atoms with E-state index >= 15 is 0 Å². The zero-order chi connectivity index (χ0) is 11.7. The first kappa shape index (κ1) is 10.4. The predicted molar refractivity (Wildman–Crippen MR) is 65.2 cm³/mol. The molecule has 0 radical (unpaired) electrons. The summed E-state index contributed by atoms with van der Waals surface area (Å²) in [5.41, 5.74) is 7.97. The summed E-state index contributed by atoms with van der Waals surface area (Å²) < 4.78 is 0. The zero-order valence-electron chi connectivity index (χ0n) is 9.23. The molecule has 0 aliphatic heterocycles. The number of nitrogens with two attached hydrogens (primary N) is 1. The number of phenolic OH excluding ortho intramolecular Hbond substituents is 1. The summed E-state index contributed by atoms with van der Waals surface area (Å²) in [5.74, 6) is 0.181. The number of nitrogen functional groups attached to an aromatic ring is 1. The molecule has 0 heterocycles. The Morgan fingerprint density at radius 2 is 2.00 bits per heavy atom. The number of hydrogen-bond donors (Lipinski definition) is 2. The third-order valence-corrected chi connectivity index (χ3v) is 2.47. The van der Waals surface area contributed by atoms with Gasteiger partial charge in [0.15, 0.2) is 0 Å². The van der Waals surface area contributed by atoms with Gasteiger partial charge in [0.05, 0.1) is 5.69 Å². The maximum absolute atomic E-state index is 9.87. The Morgan fingerprint density at radius 1 is 1.25 bits per heavy atom. The van der Waals surface area contributed by atoms with Gasteiger partial charge in [-0.15, -0.1) is 0 Å². The molecule has 4 nitrogen and oxygen atoms in total. The third-order valence-electron chi connectivity index (χ3n) is 2.47. The van der Waals surface area contributed by atoms with Gasteiger partial charge in [-0.2, -0.15) is 10.2 Å². The molecule has 0 saturated carbocycles. The van der Waals surface area contributed by atoms with Crippen molar-refractivity contribution in [2.24, 2.45) is 10.2 Å². The van der Waals surface area contributed by atoms with Gasteiger partial charge in [0.1, 0.15) is 11.4 Å². The minimum atomic E-state index is 0.181. The van der Waals surface area contributed by atoms with Gasteiger partial charge in [-0.25, -0.2) is 0 Å². The van der Waals surface area contributed by atoms with Crippen LogP contribution < -0.4 is 5.73 Å². The molecule has 0 aromatic heterocycles. The van der Waals surface area contributed by atoms with Crippen molar-refractivity contribution in [1.29, 1.82) is 0 Å². The second-order valence-corrected chi connectivity index (χ2v) is 3.68. The summed E-state index contributed by atoms with van der Waals surface area (Å²) >= 11 is 0. The number of phenols is 1. The van der Waals surface area contributed by atoms with E-state index in [-0.39, 0.29) is 5.75 Å². The van der Waals surface area contributed by atoms with Crippen LogP contribution in [-0.4, -0.2) is 12.2 Å². The van der Waals surface area contributed by atoms with Crippen LogP contribution in [-0.2, 0) is 0 Å². The smallest absolute Gasteiger partial charge is 0.125 e. The first-order chi connectivity index (χ1) is 7.63. The molecular formula is C12H13N3O. The van der Waals surface area contributed by atoms with Crippen LogP contribution in [0.25, 0.3) is 10.8 Å². The Morgan fingerprint density at radius 3 is 2.69 bits per heavy atom. The minimum absolute atomic E-state index is 0.181. The van der Waals surface area contributed by atoms with Gasteiger partial charge in [-0.05, 0) is 30.0 Å². The topological polar surface area (TPSA) is 71.0 Å². The first-order valence-corrected chi connectivity index (χ1v) is 4.95. The van der Waals surface area contributed by atoms with Crippen LogP contribution in [0.15, 0.2) is 34.5 Å². The molecule has 3 N–H and O–H groups in total. The van der Waals surface area contributed by atoms with Crippen molar-refractivity contribution >= 4 is 22.1 Å². The quantitative estimate of drug-likeness (QED) is 0.566. The molecule has 0 unspecified atom stereocenters. The molecule has 0 amide bonds. The van der Waals surface area contributed by atoms with Crippen LogP contribution in [0.5, 0.6) is 5.75 Å². The van der Waals surface area contributed by atoms with Gasteiger partial charge >= 0.3 is 0 Å². The first-order valence-electron chi connectivity index (χ1n) is 4.95. The normalized spacial score (nSPS) is 11.4. The van der Waals surface area contributed by atoms with Gasteiger partial charge in [0.25, 0.3) is 0 Å². The minimum Gasteiger partial charge on any atom is -0.507 e. The fourth-order valence-electron chi connectivity index (χ4n) is 1.80. The predicted octanol–water partition coefficient (Wildman–Crippen LogP) is 3.15. The van der Waals surface area contributed by atoms with Crippen molar-refractivity contribution < 1.29 is 5.11 Å². The van der Waals surface area contributed by atoms with Crippen molar-refractivity contribution in [2.45, 2.75) is 6.92 Å². The number of hydrogen-bond acceptors (Lipinski definition) is 4. The highest BCUT2D eigenvalue weighted by Crippen LogP contribution is 2.37. The van der Waals surface area contributed by atoms with Gasteiger partial charge in [-0.1, -0.05) is 12.1 Å². The van der Waals surface area contributed by atoms with Gasteiger partial charge in [-0.3, -0.25) is 0 Å². The van der Waals surface area contributed by atoms with E-state index in [0.29, 0.717) is 16.8 Å². The van der Waals surface area contributed by atoms with E-state index in [2.05, 4.69) is 10.2 Å². The average molecular weight is 215 g/mol. The Labute approximate surface area is 93.4 Å². The van der Waals surface area contributed by atoms with Crippen LogP contribution in [0.3, 0.4) is 0 Å². The summed E-state index contributed by atoms with van der Waals surface area (Å²) in [4.78, 5) is 0. The van der Waals surface area contributed by atoms with Crippen molar-refractivity contribution in [3.05, 3.63) is 29.8 Å². The van der Waals surface area contributed by atoms with E-state index in [1.54, 1.807) is 19.2 Å². The largest absolute Gasteiger partial charge is 0.507 e. The Bertz CT molecular complexity index is 576. The highest BCUT2D eigenvalue weighted by Gasteiger charge is 2.08. The van der Waals surface area contributed by atoms with Gasteiger partial charge in [0.2, 0.25) is 0 Å². The number of aryl methyl sites for hydroxylation is 1. The van der Waals surface area contributed by atoms with Crippen molar-refractivity contribution in [3.63, 3.8) is 0 Å². The molecule has 4 heteroatoms. The lowest BCUT2D eigenvalue weighted by atomic mass is 10.0. The van der Waals surface area contributed by atoms with Crippen LogP contribution in [0.1, 0.15) is 5.56 Å². The number of nitrogens with zero attached hydrogens (tertiary/aromatic N) is 2. The number of azo groups is 1. The standard InChI is InChI=1S/C12H13N3O/c1-7-5-8-3-4-9(15-14-2)12(13)11(8)10(16)6-7/h3-6,16H,13H2,1-2H3/b15-14+. The lowest BCUT2D eigenvalue weighted by Gasteiger charge is -2.07. The van der Waals surface area contributed by atoms with E-state index in [1.807, 2.05) is 19.1 Å². The Kier molecular flexibility index (Phi) is 2.48. The number of fused-ring (bicyclic) bond motifs is 1. The molecule has 16 heavy (non-hydrogen) atoms. The number of aromatic hydroxyl groups is 1. The van der Waals surface area contributed by atoms with Crippen LogP contribution in [0.4, 0.5) is 11.4 Å². The summed E-state index contributed by atoms with van der Waals surface area (Å²) in [6.07, 6.45) is 0. The molecule has 0 saturated heterocycles. The lowest BCUT2D eigenvalue weighted by molar-refractivity contribution is 0.481. The maximum atomic E-state index is 9.87. The van der Waals surface area contributed by atoms with Crippen molar-refractivity contribution in [1.82, 2.24) is 0 Å². The molecular weight excluding hydrogens is 202 g/mol. The van der Waals surface area contributed by atoms with Crippen LogP contribution in [0, 0.1) is 6.92 Å². The lowest BCUT2D eigenvalue weighted by Crippen LogP contribution is -1.89. The monoisotopic (exact) mass is 215 g/mol. The molecule has 0 aliphatic carbocycles. The number of rotatable bonds is 1. The van der Waals surface area contributed by atoms with Crippen molar-refractivity contribution in [2.75, 3.05) is 12.8 Å². The van der Waals surface area contributed by atoms with E-state index in [4.69, 9.17) is 5.73 Å². The molecule has 82 valence electrons. The molecule has 0 aliphatic rings. The zero-order valence-corrected chi connectivity index (χ0v) is 9.23. The highest BCUT2D eigenvalue weighted by molar-refractivity contribution is 6.02. The average Bonchev–Trinajstić information content (AvgIpc) is 2.21. The summed E-state index contributed by atoms with van der Waals surface area (Å²) in [6, 6.07) is 7.33. The molecule has 2 aromatic carbocycles. The molecule has 0 bridgehead atoms. The van der Waals surface area contributed by atoms with Gasteiger partial charge < -0.3 is 10.8 Å². The van der Waals surface area contributed by atoms with E-state index in [0.717, 1.165) is 10.9 Å². The SMILES string of the molecule is C/N=N/c1ccc2cc(C)cc(O)c2c1N. The Balaban J connectivity index is 2.83. The van der Waals surface area contributed by atoms with Crippen LogP contribution in [0.2, 0.25) is 0 Å². The fourth-order valence-corrected chi connectivity index (χ4v) is 1.80. The van der Waals surface area contributed by atoms with Crippen LogP contribution >= 0.6 is 0 Å². The molecule has 0 fully saturated rings. The number of benzene rings is 2. The molecule has 0 atom stereocenters. The summed E-state index contributed by atoms with van der Waals surface area (Å²) in [6.45, 7) is 1.93.